The fraction of sp³-hybridized carbons (Fsp3) is 0.444. The van der Waals surface area contributed by atoms with Crippen molar-refractivity contribution in [2.75, 3.05) is 13.2 Å². The maximum atomic E-state index is 11.7. The van der Waals surface area contributed by atoms with Crippen molar-refractivity contribution in [3.63, 3.8) is 0 Å². The highest BCUT2D eigenvalue weighted by Gasteiger charge is 2.25. The van der Waals surface area contributed by atoms with E-state index in [1.165, 1.54) is 12.4 Å². The molecule has 1 atom stereocenters. The molecule has 0 saturated carbocycles. The fourth-order valence-electron chi connectivity index (χ4n) is 1.38. The van der Waals surface area contributed by atoms with E-state index in [9.17, 15) is 4.79 Å². The highest BCUT2D eigenvalue weighted by Crippen LogP contribution is 2.16. The molecule has 4 heteroatoms. The highest BCUT2D eigenvalue weighted by atomic mass is 16.5. The number of carbonyl (C=O) groups excluding carboxylic acids is 1. The van der Waals surface area contributed by atoms with E-state index >= 15 is 0 Å². The van der Waals surface area contributed by atoms with Crippen molar-refractivity contribution in [1.82, 2.24) is 9.97 Å². The van der Waals surface area contributed by atoms with Crippen LogP contribution >= 0.6 is 0 Å². The number of Topliss-reactive ketones (excluding diaryl/α,β-unsaturated/α-hetero) is 1. The van der Waals surface area contributed by atoms with Crippen LogP contribution in [0.15, 0.2) is 18.6 Å². The number of hydrogen-bond acceptors (Lipinski definition) is 4. The Bertz CT molecular complexity index is 294. The Morgan fingerprint density at radius 2 is 2.46 bits per heavy atom. The summed E-state index contributed by atoms with van der Waals surface area (Å²) in [7, 11) is 0. The maximum Gasteiger partial charge on any atom is 0.188 e. The summed E-state index contributed by atoms with van der Waals surface area (Å²) in [6.45, 7) is 1.20. The maximum absolute atomic E-state index is 11.7. The molecule has 0 amide bonds. The third-order valence-corrected chi connectivity index (χ3v) is 2.12. The Morgan fingerprint density at radius 1 is 1.54 bits per heavy atom. The second kappa shape index (κ2) is 3.62. The van der Waals surface area contributed by atoms with Gasteiger partial charge in [-0.2, -0.15) is 0 Å². The van der Waals surface area contributed by atoms with Crippen molar-refractivity contribution in [1.29, 1.82) is 0 Å². The Hall–Kier alpha value is -1.29. The number of nitrogens with zero attached hydrogens (tertiary/aromatic N) is 2. The van der Waals surface area contributed by atoms with E-state index in [2.05, 4.69) is 9.97 Å². The third kappa shape index (κ3) is 1.72. The van der Waals surface area contributed by atoms with Crippen LogP contribution in [0.25, 0.3) is 0 Å². The first-order chi connectivity index (χ1) is 6.38. The van der Waals surface area contributed by atoms with Crippen LogP contribution in [0.4, 0.5) is 0 Å². The summed E-state index contributed by atoms with van der Waals surface area (Å²) in [5, 5.41) is 0. The summed E-state index contributed by atoms with van der Waals surface area (Å²) >= 11 is 0. The van der Waals surface area contributed by atoms with Gasteiger partial charge in [0.1, 0.15) is 5.69 Å². The van der Waals surface area contributed by atoms with Gasteiger partial charge in [0.25, 0.3) is 0 Å². The SMILES string of the molecule is O=C(c1cnccn1)C1CCOC1. The summed E-state index contributed by atoms with van der Waals surface area (Å²) in [6.07, 6.45) is 5.39. The van der Waals surface area contributed by atoms with E-state index in [1.54, 1.807) is 6.20 Å². The van der Waals surface area contributed by atoms with Gasteiger partial charge in [0.2, 0.25) is 0 Å². The minimum atomic E-state index is -0.0169. The summed E-state index contributed by atoms with van der Waals surface area (Å²) < 4.78 is 5.13. The zero-order chi connectivity index (χ0) is 9.10. The molecule has 1 saturated heterocycles. The molecule has 4 nitrogen and oxygen atoms in total. The van der Waals surface area contributed by atoms with Gasteiger partial charge in [-0.25, -0.2) is 4.98 Å². The minimum Gasteiger partial charge on any atom is -0.381 e. The standard InChI is InChI=1S/C9H10N2O2/c12-9(7-1-4-13-6-7)8-5-10-2-3-11-8/h2-3,5,7H,1,4,6H2. The number of ether oxygens (including phenoxy) is 1. The first-order valence-electron chi connectivity index (χ1n) is 4.26. The number of carbonyl (C=O) groups is 1. The van der Waals surface area contributed by atoms with E-state index in [0.717, 1.165) is 6.42 Å². The predicted molar refractivity (Wildman–Crippen MR) is 45.3 cm³/mol. The molecule has 13 heavy (non-hydrogen) atoms. The molecule has 1 aliphatic heterocycles. The number of hydrogen-bond donors (Lipinski definition) is 0. The predicted octanol–water partition coefficient (Wildman–Crippen LogP) is 0.696. The van der Waals surface area contributed by atoms with Gasteiger partial charge in [-0.1, -0.05) is 0 Å². The Balaban J connectivity index is 2.13. The van der Waals surface area contributed by atoms with Gasteiger partial charge in [0.15, 0.2) is 5.78 Å². The van der Waals surface area contributed by atoms with Gasteiger partial charge in [-0.05, 0) is 6.42 Å². The van der Waals surface area contributed by atoms with E-state index in [0.29, 0.717) is 18.9 Å². The zero-order valence-corrected chi connectivity index (χ0v) is 7.14. The van der Waals surface area contributed by atoms with Crippen LogP contribution in [0.2, 0.25) is 0 Å². The van der Waals surface area contributed by atoms with Crippen LogP contribution in [-0.4, -0.2) is 29.0 Å². The van der Waals surface area contributed by atoms with Crippen LogP contribution in [0, 0.1) is 5.92 Å². The average Bonchev–Trinajstić information content (AvgIpc) is 2.71. The summed E-state index contributed by atoms with van der Waals surface area (Å²) in [5.74, 6) is 0.0299. The van der Waals surface area contributed by atoms with E-state index in [4.69, 9.17) is 4.74 Å². The summed E-state index contributed by atoms with van der Waals surface area (Å²) in [4.78, 5) is 19.5. The Morgan fingerprint density at radius 3 is 3.08 bits per heavy atom. The molecule has 2 heterocycles. The lowest BCUT2D eigenvalue weighted by molar-refractivity contribution is 0.0895. The van der Waals surface area contributed by atoms with E-state index in [-0.39, 0.29) is 11.7 Å². The molecule has 0 N–H and O–H groups in total. The van der Waals surface area contributed by atoms with Gasteiger partial charge in [0.05, 0.1) is 12.8 Å². The van der Waals surface area contributed by atoms with Crippen LogP contribution in [0.3, 0.4) is 0 Å². The smallest absolute Gasteiger partial charge is 0.188 e. The van der Waals surface area contributed by atoms with Crippen molar-refractivity contribution in [3.05, 3.63) is 24.3 Å². The number of aromatic nitrogens is 2. The molecule has 1 aliphatic rings. The molecular weight excluding hydrogens is 168 g/mol. The largest absolute Gasteiger partial charge is 0.381 e. The first kappa shape index (κ1) is 8.31. The second-order valence-electron chi connectivity index (χ2n) is 3.02. The lowest BCUT2D eigenvalue weighted by Gasteiger charge is -2.03. The third-order valence-electron chi connectivity index (χ3n) is 2.12. The molecule has 1 aromatic rings. The molecule has 2 rings (SSSR count). The van der Waals surface area contributed by atoms with E-state index < -0.39 is 0 Å². The molecule has 0 aliphatic carbocycles. The zero-order valence-electron chi connectivity index (χ0n) is 7.14. The van der Waals surface area contributed by atoms with Gasteiger partial charge in [0, 0.05) is 24.9 Å². The van der Waals surface area contributed by atoms with Crippen molar-refractivity contribution in [3.8, 4) is 0 Å². The van der Waals surface area contributed by atoms with Gasteiger partial charge in [-0.3, -0.25) is 9.78 Å². The van der Waals surface area contributed by atoms with Crippen LogP contribution in [-0.2, 0) is 4.74 Å². The molecule has 68 valence electrons. The minimum absolute atomic E-state index is 0.0169. The molecule has 1 fully saturated rings. The van der Waals surface area contributed by atoms with Gasteiger partial charge in [-0.15, -0.1) is 0 Å². The van der Waals surface area contributed by atoms with Gasteiger partial charge < -0.3 is 4.74 Å². The van der Waals surface area contributed by atoms with Crippen molar-refractivity contribution in [2.24, 2.45) is 5.92 Å². The monoisotopic (exact) mass is 178 g/mol. The topological polar surface area (TPSA) is 52.1 Å². The molecule has 1 aromatic heterocycles. The van der Waals surface area contributed by atoms with Crippen molar-refractivity contribution < 1.29 is 9.53 Å². The van der Waals surface area contributed by atoms with Crippen molar-refractivity contribution in [2.45, 2.75) is 6.42 Å². The summed E-state index contributed by atoms with van der Waals surface area (Å²) in [5.41, 5.74) is 0.443. The first-order valence-corrected chi connectivity index (χ1v) is 4.26. The normalized spacial score (nSPS) is 21.7. The average molecular weight is 178 g/mol. The molecule has 0 aromatic carbocycles. The second-order valence-corrected chi connectivity index (χ2v) is 3.02. The Kier molecular flexibility index (Phi) is 2.31. The van der Waals surface area contributed by atoms with Crippen LogP contribution < -0.4 is 0 Å². The van der Waals surface area contributed by atoms with Crippen LogP contribution in [0.5, 0.6) is 0 Å². The van der Waals surface area contributed by atoms with Gasteiger partial charge >= 0.3 is 0 Å². The number of rotatable bonds is 2. The molecule has 0 spiro atoms. The van der Waals surface area contributed by atoms with E-state index in [1.807, 2.05) is 0 Å². The lowest BCUT2D eigenvalue weighted by Crippen LogP contribution is -2.15. The highest BCUT2D eigenvalue weighted by molar-refractivity contribution is 5.95. The fourth-order valence-corrected chi connectivity index (χ4v) is 1.38. The molecule has 1 unspecified atom stereocenters. The quantitative estimate of drug-likeness (QED) is 0.625. The number of ketones is 1. The molecular formula is C9H10N2O2. The lowest BCUT2D eigenvalue weighted by atomic mass is 10.0. The summed E-state index contributed by atoms with van der Waals surface area (Å²) in [6, 6.07) is 0. The van der Waals surface area contributed by atoms with Crippen molar-refractivity contribution >= 4 is 5.78 Å². The van der Waals surface area contributed by atoms with Crippen LogP contribution in [0.1, 0.15) is 16.9 Å². The molecule has 0 bridgehead atoms. The molecule has 0 radical (unpaired) electrons. The Labute approximate surface area is 76.0 Å².